The monoisotopic (exact) mass is 278 g/mol. The highest BCUT2D eigenvalue weighted by Crippen LogP contribution is 2.19. The molecule has 1 heterocycles. The Bertz CT molecular complexity index is 448. The largest absolute Gasteiger partial charge is 0.491 e. The van der Waals surface area contributed by atoms with E-state index >= 15 is 0 Å². The summed E-state index contributed by atoms with van der Waals surface area (Å²) in [6, 6.07) is 9.72. The van der Waals surface area contributed by atoms with Crippen LogP contribution in [-0.4, -0.2) is 29.8 Å². The van der Waals surface area contributed by atoms with Crippen molar-refractivity contribution < 1.29 is 9.47 Å². The maximum atomic E-state index is 5.52. The number of nitrogens with zero attached hydrogens (tertiary/aromatic N) is 1. The lowest BCUT2D eigenvalue weighted by atomic mass is 10.3. The molecule has 2 aromatic rings. The third-order valence-electron chi connectivity index (χ3n) is 2.61. The molecule has 1 unspecified atom stereocenters. The SMILES string of the molecule is SC(CCOCCOc1ccccc1)c1ncc[nH]1. The normalized spacial score (nSPS) is 12.3. The van der Waals surface area contributed by atoms with Crippen LogP contribution in [-0.2, 0) is 4.74 Å². The molecule has 1 aromatic carbocycles. The van der Waals surface area contributed by atoms with Gasteiger partial charge in [-0.3, -0.25) is 0 Å². The highest BCUT2D eigenvalue weighted by atomic mass is 32.1. The Morgan fingerprint density at radius 3 is 2.74 bits per heavy atom. The molecule has 1 N–H and O–H groups in total. The summed E-state index contributed by atoms with van der Waals surface area (Å²) in [5.41, 5.74) is 0. The van der Waals surface area contributed by atoms with E-state index in [-0.39, 0.29) is 5.25 Å². The van der Waals surface area contributed by atoms with Gasteiger partial charge in [0.25, 0.3) is 0 Å². The third kappa shape index (κ3) is 4.96. The number of H-pyrrole nitrogens is 1. The van der Waals surface area contributed by atoms with Crippen LogP contribution in [0.3, 0.4) is 0 Å². The van der Waals surface area contributed by atoms with Crippen LogP contribution in [0.2, 0.25) is 0 Å². The molecule has 0 aliphatic carbocycles. The third-order valence-corrected chi connectivity index (χ3v) is 3.11. The summed E-state index contributed by atoms with van der Waals surface area (Å²) in [6.45, 7) is 1.78. The zero-order valence-electron chi connectivity index (χ0n) is 10.7. The molecule has 1 aromatic heterocycles. The minimum absolute atomic E-state index is 0.0880. The molecule has 19 heavy (non-hydrogen) atoms. The number of aromatic amines is 1. The van der Waals surface area contributed by atoms with Crippen molar-refractivity contribution in [1.29, 1.82) is 0 Å². The van der Waals surface area contributed by atoms with Gasteiger partial charge in [0.1, 0.15) is 18.2 Å². The Morgan fingerprint density at radius 2 is 2.00 bits per heavy atom. The predicted octanol–water partition coefficient (Wildman–Crippen LogP) is 2.87. The van der Waals surface area contributed by atoms with Crippen LogP contribution < -0.4 is 4.74 Å². The van der Waals surface area contributed by atoms with E-state index in [0.717, 1.165) is 18.0 Å². The Hall–Kier alpha value is -1.46. The van der Waals surface area contributed by atoms with E-state index in [4.69, 9.17) is 9.47 Å². The number of aromatic nitrogens is 2. The van der Waals surface area contributed by atoms with Gasteiger partial charge in [-0.15, -0.1) is 0 Å². The lowest BCUT2D eigenvalue weighted by Gasteiger charge is -2.09. The van der Waals surface area contributed by atoms with Gasteiger partial charge in [-0.1, -0.05) is 18.2 Å². The first-order chi connectivity index (χ1) is 9.36. The van der Waals surface area contributed by atoms with Gasteiger partial charge < -0.3 is 14.5 Å². The Balaban J connectivity index is 1.53. The van der Waals surface area contributed by atoms with Crippen molar-refractivity contribution in [1.82, 2.24) is 9.97 Å². The van der Waals surface area contributed by atoms with Gasteiger partial charge >= 0.3 is 0 Å². The molecule has 0 aliphatic heterocycles. The summed E-state index contributed by atoms with van der Waals surface area (Å²) >= 11 is 4.46. The highest BCUT2D eigenvalue weighted by molar-refractivity contribution is 7.80. The number of ether oxygens (including phenoxy) is 2. The second-order valence-electron chi connectivity index (χ2n) is 4.05. The summed E-state index contributed by atoms with van der Waals surface area (Å²) in [5, 5.41) is 0.0880. The van der Waals surface area contributed by atoms with E-state index in [0.29, 0.717) is 19.8 Å². The molecule has 0 saturated carbocycles. The highest BCUT2D eigenvalue weighted by Gasteiger charge is 2.07. The Morgan fingerprint density at radius 1 is 1.16 bits per heavy atom. The lowest BCUT2D eigenvalue weighted by molar-refractivity contribution is 0.0980. The summed E-state index contributed by atoms with van der Waals surface area (Å²) in [6.07, 6.45) is 4.35. The number of imidazole rings is 1. The standard InChI is InChI=1S/C14H18N2O2S/c19-13(14-15-7-8-16-14)6-9-17-10-11-18-12-4-2-1-3-5-12/h1-5,7-8,13,19H,6,9-11H2,(H,15,16). The van der Waals surface area contributed by atoms with Crippen molar-refractivity contribution in [3.05, 3.63) is 48.5 Å². The molecule has 0 amide bonds. The van der Waals surface area contributed by atoms with Gasteiger partial charge in [-0.05, 0) is 18.6 Å². The molecular formula is C14H18N2O2S. The molecule has 4 nitrogen and oxygen atoms in total. The first-order valence-corrected chi connectivity index (χ1v) is 6.81. The number of rotatable bonds is 8. The molecule has 102 valence electrons. The fourth-order valence-electron chi connectivity index (χ4n) is 1.63. The smallest absolute Gasteiger partial charge is 0.119 e. The quantitative estimate of drug-likeness (QED) is 0.576. The second kappa shape index (κ2) is 7.86. The minimum Gasteiger partial charge on any atom is -0.491 e. The number of thiol groups is 1. The van der Waals surface area contributed by atoms with E-state index in [1.54, 1.807) is 12.4 Å². The Labute approximate surface area is 118 Å². The van der Waals surface area contributed by atoms with Gasteiger partial charge in [-0.25, -0.2) is 4.98 Å². The van der Waals surface area contributed by atoms with Gasteiger partial charge in [0.15, 0.2) is 0 Å². The molecule has 0 saturated heterocycles. The van der Waals surface area contributed by atoms with Crippen LogP contribution in [0.15, 0.2) is 42.7 Å². The van der Waals surface area contributed by atoms with Crippen LogP contribution in [0, 0.1) is 0 Å². The van der Waals surface area contributed by atoms with E-state index < -0.39 is 0 Å². The summed E-state index contributed by atoms with van der Waals surface area (Å²) in [5.74, 6) is 1.75. The second-order valence-corrected chi connectivity index (χ2v) is 4.68. The lowest BCUT2D eigenvalue weighted by Crippen LogP contribution is -2.08. The topological polar surface area (TPSA) is 47.1 Å². The average Bonchev–Trinajstić information content (AvgIpc) is 2.98. The van der Waals surface area contributed by atoms with Crippen molar-refractivity contribution in [2.45, 2.75) is 11.7 Å². The Kier molecular flexibility index (Phi) is 5.78. The maximum absolute atomic E-state index is 5.52. The van der Waals surface area contributed by atoms with Gasteiger partial charge in [-0.2, -0.15) is 12.6 Å². The zero-order valence-corrected chi connectivity index (χ0v) is 11.6. The number of benzene rings is 1. The molecule has 0 bridgehead atoms. The van der Waals surface area contributed by atoms with Crippen molar-refractivity contribution in [2.24, 2.45) is 0 Å². The zero-order chi connectivity index (χ0) is 13.3. The molecule has 0 radical (unpaired) electrons. The van der Waals surface area contributed by atoms with Gasteiger partial charge in [0.05, 0.1) is 11.9 Å². The molecular weight excluding hydrogens is 260 g/mol. The van der Waals surface area contributed by atoms with Gasteiger partial charge in [0, 0.05) is 19.0 Å². The molecule has 0 fully saturated rings. The molecule has 0 aliphatic rings. The molecule has 1 atom stereocenters. The number of hydrogen-bond acceptors (Lipinski definition) is 4. The first kappa shape index (κ1) is 14.0. The fraction of sp³-hybridized carbons (Fsp3) is 0.357. The summed E-state index contributed by atoms with van der Waals surface area (Å²) in [4.78, 5) is 7.20. The van der Waals surface area contributed by atoms with E-state index in [2.05, 4.69) is 22.6 Å². The average molecular weight is 278 g/mol. The summed E-state index contributed by atoms with van der Waals surface area (Å²) in [7, 11) is 0. The fourth-order valence-corrected chi connectivity index (χ4v) is 1.88. The maximum Gasteiger partial charge on any atom is 0.119 e. The van der Waals surface area contributed by atoms with Crippen LogP contribution in [0.5, 0.6) is 5.75 Å². The van der Waals surface area contributed by atoms with Gasteiger partial charge in [0.2, 0.25) is 0 Å². The van der Waals surface area contributed by atoms with Crippen molar-refractivity contribution in [3.63, 3.8) is 0 Å². The van der Waals surface area contributed by atoms with E-state index in [1.165, 1.54) is 0 Å². The van der Waals surface area contributed by atoms with Crippen LogP contribution in [0.25, 0.3) is 0 Å². The number of hydrogen-bond donors (Lipinski definition) is 2. The molecule has 2 rings (SSSR count). The van der Waals surface area contributed by atoms with E-state index in [9.17, 15) is 0 Å². The van der Waals surface area contributed by atoms with Crippen LogP contribution >= 0.6 is 12.6 Å². The molecule has 5 heteroatoms. The van der Waals surface area contributed by atoms with Crippen molar-refractivity contribution in [3.8, 4) is 5.75 Å². The number of nitrogens with one attached hydrogen (secondary N) is 1. The van der Waals surface area contributed by atoms with Crippen molar-refractivity contribution >= 4 is 12.6 Å². The summed E-state index contributed by atoms with van der Waals surface area (Å²) < 4.78 is 11.0. The van der Waals surface area contributed by atoms with E-state index in [1.807, 2.05) is 30.3 Å². The van der Waals surface area contributed by atoms with Crippen LogP contribution in [0.4, 0.5) is 0 Å². The van der Waals surface area contributed by atoms with Crippen LogP contribution in [0.1, 0.15) is 17.5 Å². The minimum atomic E-state index is 0.0880. The number of para-hydroxylation sites is 1. The first-order valence-electron chi connectivity index (χ1n) is 6.29. The predicted molar refractivity (Wildman–Crippen MR) is 77.7 cm³/mol. The molecule has 0 spiro atoms. The van der Waals surface area contributed by atoms with Crippen molar-refractivity contribution in [2.75, 3.05) is 19.8 Å².